The van der Waals surface area contributed by atoms with Gasteiger partial charge in [0, 0.05) is 12.1 Å². The fraction of sp³-hybridized carbons (Fsp3) is 0.588. The van der Waals surface area contributed by atoms with Crippen LogP contribution in [0.15, 0.2) is 30.3 Å². The highest BCUT2D eigenvalue weighted by Gasteiger charge is 2.24. The van der Waals surface area contributed by atoms with Crippen molar-refractivity contribution in [3.05, 3.63) is 35.9 Å². The quantitative estimate of drug-likeness (QED) is 0.803. The van der Waals surface area contributed by atoms with Gasteiger partial charge in [-0.2, -0.15) is 0 Å². The zero-order valence-corrected chi connectivity index (χ0v) is 13.1. The molecule has 0 aromatic heterocycles. The van der Waals surface area contributed by atoms with E-state index in [9.17, 15) is 4.79 Å². The summed E-state index contributed by atoms with van der Waals surface area (Å²) >= 11 is 0. The molecule has 0 aliphatic carbocycles. The van der Waals surface area contributed by atoms with Crippen LogP contribution in [0, 0.1) is 11.8 Å². The number of hydrogen-bond acceptors (Lipinski definition) is 2. The van der Waals surface area contributed by atoms with Crippen molar-refractivity contribution >= 4 is 5.91 Å². The lowest BCUT2D eigenvalue weighted by Gasteiger charge is -2.26. The van der Waals surface area contributed by atoms with E-state index < -0.39 is 0 Å². The fourth-order valence-electron chi connectivity index (χ4n) is 2.60. The molecule has 20 heavy (non-hydrogen) atoms. The minimum absolute atomic E-state index is 0.0424. The Bertz CT molecular complexity index is 401. The van der Waals surface area contributed by atoms with Crippen LogP contribution in [-0.2, 0) is 4.79 Å². The van der Waals surface area contributed by atoms with E-state index in [2.05, 4.69) is 26.1 Å². The maximum atomic E-state index is 12.3. The minimum Gasteiger partial charge on any atom is -0.353 e. The molecule has 0 aliphatic rings. The van der Waals surface area contributed by atoms with Gasteiger partial charge in [-0.1, -0.05) is 63.9 Å². The third-order valence-corrected chi connectivity index (χ3v) is 4.26. The Balaban J connectivity index is 2.63. The van der Waals surface area contributed by atoms with Crippen LogP contribution < -0.4 is 11.1 Å². The van der Waals surface area contributed by atoms with E-state index >= 15 is 0 Å². The first-order valence-electron chi connectivity index (χ1n) is 7.62. The molecule has 112 valence electrons. The van der Waals surface area contributed by atoms with E-state index in [0.29, 0.717) is 5.92 Å². The van der Waals surface area contributed by atoms with Crippen molar-refractivity contribution < 1.29 is 4.79 Å². The molecule has 1 amide bonds. The molecule has 1 aromatic carbocycles. The van der Waals surface area contributed by atoms with Crippen molar-refractivity contribution in [3.8, 4) is 0 Å². The molecule has 0 fully saturated rings. The second kappa shape index (κ2) is 8.05. The molecular formula is C17H28N2O. The van der Waals surface area contributed by atoms with Gasteiger partial charge in [0.2, 0.25) is 5.91 Å². The van der Waals surface area contributed by atoms with E-state index in [0.717, 1.165) is 18.4 Å². The Kier molecular flexibility index (Phi) is 6.73. The summed E-state index contributed by atoms with van der Waals surface area (Å²) in [6.07, 6.45) is 2.16. The SMILES string of the molecule is CCC(CC)C(C)NC(=O)C(C)C(N)c1ccccc1. The van der Waals surface area contributed by atoms with Crippen LogP contribution in [0.25, 0.3) is 0 Å². The van der Waals surface area contributed by atoms with Gasteiger partial charge in [0.05, 0.1) is 5.92 Å². The number of rotatable bonds is 7. The zero-order chi connectivity index (χ0) is 15.1. The number of carbonyl (C=O) groups is 1. The molecule has 3 unspecified atom stereocenters. The molecule has 0 radical (unpaired) electrons. The van der Waals surface area contributed by atoms with Gasteiger partial charge in [0.1, 0.15) is 0 Å². The van der Waals surface area contributed by atoms with Gasteiger partial charge in [-0.05, 0) is 18.4 Å². The molecule has 0 saturated heterocycles. The summed E-state index contributed by atoms with van der Waals surface area (Å²) in [6, 6.07) is 9.74. The van der Waals surface area contributed by atoms with Crippen LogP contribution in [0.4, 0.5) is 0 Å². The molecule has 3 heteroatoms. The largest absolute Gasteiger partial charge is 0.353 e. The van der Waals surface area contributed by atoms with E-state index in [1.807, 2.05) is 37.3 Å². The molecule has 0 saturated carbocycles. The summed E-state index contributed by atoms with van der Waals surface area (Å²) in [7, 11) is 0. The highest BCUT2D eigenvalue weighted by molar-refractivity contribution is 5.79. The number of carbonyl (C=O) groups excluding carboxylic acids is 1. The van der Waals surface area contributed by atoms with E-state index in [1.54, 1.807) is 0 Å². The van der Waals surface area contributed by atoms with Crippen molar-refractivity contribution in [1.82, 2.24) is 5.32 Å². The third kappa shape index (κ3) is 4.34. The Morgan fingerprint density at radius 3 is 2.20 bits per heavy atom. The fourth-order valence-corrected chi connectivity index (χ4v) is 2.60. The van der Waals surface area contributed by atoms with Gasteiger partial charge in [0.15, 0.2) is 0 Å². The third-order valence-electron chi connectivity index (χ3n) is 4.26. The van der Waals surface area contributed by atoms with Gasteiger partial charge < -0.3 is 11.1 Å². The molecule has 3 nitrogen and oxygen atoms in total. The number of nitrogens with two attached hydrogens (primary N) is 1. The molecule has 1 rings (SSSR count). The van der Waals surface area contributed by atoms with Gasteiger partial charge in [-0.3, -0.25) is 4.79 Å². The summed E-state index contributed by atoms with van der Waals surface area (Å²) in [5.41, 5.74) is 7.20. The van der Waals surface area contributed by atoms with Gasteiger partial charge in [-0.15, -0.1) is 0 Å². The molecular weight excluding hydrogens is 248 g/mol. The number of nitrogens with one attached hydrogen (secondary N) is 1. The lowest BCUT2D eigenvalue weighted by molar-refractivity contribution is -0.126. The van der Waals surface area contributed by atoms with Crippen LogP contribution in [0.5, 0.6) is 0 Å². The van der Waals surface area contributed by atoms with Crippen LogP contribution in [0.1, 0.15) is 52.1 Å². The van der Waals surface area contributed by atoms with E-state index in [4.69, 9.17) is 5.73 Å². The van der Waals surface area contributed by atoms with Crippen LogP contribution in [0.3, 0.4) is 0 Å². The molecule has 0 aliphatic heterocycles. The normalized spacial score (nSPS) is 15.7. The maximum absolute atomic E-state index is 12.3. The summed E-state index contributed by atoms with van der Waals surface area (Å²) in [6.45, 7) is 8.30. The predicted octanol–water partition coefficient (Wildman–Crippen LogP) is 3.26. The summed E-state index contributed by atoms with van der Waals surface area (Å²) in [4.78, 5) is 12.3. The van der Waals surface area contributed by atoms with Crippen molar-refractivity contribution in [1.29, 1.82) is 0 Å². The lowest BCUT2D eigenvalue weighted by Crippen LogP contribution is -2.43. The summed E-state index contributed by atoms with van der Waals surface area (Å²) in [5.74, 6) is 0.342. The van der Waals surface area contributed by atoms with E-state index in [-0.39, 0.29) is 23.9 Å². The second-order valence-electron chi connectivity index (χ2n) is 5.60. The predicted molar refractivity (Wildman–Crippen MR) is 84.2 cm³/mol. The first kappa shape index (κ1) is 16.7. The Morgan fingerprint density at radius 1 is 1.15 bits per heavy atom. The molecule has 1 aromatic rings. The maximum Gasteiger partial charge on any atom is 0.224 e. The smallest absolute Gasteiger partial charge is 0.224 e. The average molecular weight is 276 g/mol. The first-order valence-corrected chi connectivity index (χ1v) is 7.62. The van der Waals surface area contributed by atoms with Crippen molar-refractivity contribution in [3.63, 3.8) is 0 Å². The van der Waals surface area contributed by atoms with Crippen LogP contribution in [0.2, 0.25) is 0 Å². The average Bonchev–Trinajstić information content (AvgIpc) is 2.47. The molecule has 3 N–H and O–H groups in total. The highest BCUT2D eigenvalue weighted by Crippen LogP contribution is 2.20. The molecule has 0 spiro atoms. The molecule has 0 heterocycles. The second-order valence-corrected chi connectivity index (χ2v) is 5.60. The number of amides is 1. The standard InChI is InChI=1S/C17H28N2O/c1-5-14(6-2)13(4)19-17(20)12(3)16(18)15-10-8-7-9-11-15/h7-14,16H,5-6,18H2,1-4H3,(H,19,20). The Labute approximate surface area is 122 Å². The Morgan fingerprint density at radius 2 is 1.70 bits per heavy atom. The molecule has 0 bridgehead atoms. The van der Waals surface area contributed by atoms with Gasteiger partial charge in [0.25, 0.3) is 0 Å². The minimum atomic E-state index is -0.259. The van der Waals surface area contributed by atoms with Crippen LogP contribution >= 0.6 is 0 Å². The zero-order valence-electron chi connectivity index (χ0n) is 13.1. The summed E-state index contributed by atoms with van der Waals surface area (Å²) < 4.78 is 0. The summed E-state index contributed by atoms with van der Waals surface area (Å²) in [5, 5.41) is 3.11. The monoisotopic (exact) mass is 276 g/mol. The lowest BCUT2D eigenvalue weighted by atomic mass is 9.92. The molecule has 3 atom stereocenters. The van der Waals surface area contributed by atoms with Crippen molar-refractivity contribution in [2.24, 2.45) is 17.6 Å². The van der Waals surface area contributed by atoms with Crippen molar-refractivity contribution in [2.75, 3.05) is 0 Å². The Hall–Kier alpha value is -1.35. The van der Waals surface area contributed by atoms with Crippen molar-refractivity contribution in [2.45, 2.75) is 52.6 Å². The van der Waals surface area contributed by atoms with E-state index in [1.165, 1.54) is 0 Å². The highest BCUT2D eigenvalue weighted by atomic mass is 16.1. The van der Waals surface area contributed by atoms with Crippen LogP contribution in [-0.4, -0.2) is 11.9 Å². The topological polar surface area (TPSA) is 55.1 Å². The number of benzene rings is 1. The van der Waals surface area contributed by atoms with Gasteiger partial charge >= 0.3 is 0 Å². The number of hydrogen-bond donors (Lipinski definition) is 2. The van der Waals surface area contributed by atoms with Gasteiger partial charge in [-0.25, -0.2) is 0 Å². The first-order chi connectivity index (χ1) is 9.51.